The third-order valence-corrected chi connectivity index (χ3v) is 5.64. The Morgan fingerprint density at radius 3 is 2.45 bits per heavy atom. The minimum absolute atomic E-state index is 0.144. The Morgan fingerprint density at radius 2 is 1.90 bits per heavy atom. The minimum atomic E-state index is 0.144. The van der Waals surface area contributed by atoms with E-state index in [-0.39, 0.29) is 10.8 Å². The molecule has 0 saturated heterocycles. The summed E-state index contributed by atoms with van der Waals surface area (Å²) in [5.74, 6) is 0. The Kier molecular flexibility index (Phi) is 5.76. The van der Waals surface area contributed by atoms with Crippen LogP contribution in [0.5, 0.6) is 0 Å². The molecule has 0 N–H and O–H groups in total. The first-order valence-electron chi connectivity index (χ1n) is 10.7. The second-order valence-corrected chi connectivity index (χ2v) is 10.5. The number of nitrogens with zero attached hydrogens (tertiary/aromatic N) is 2. The smallest absolute Gasteiger partial charge is 0.0633 e. The predicted octanol–water partition coefficient (Wildman–Crippen LogP) is 7.31. The van der Waals surface area contributed by atoms with Gasteiger partial charge in [-0.05, 0) is 60.0 Å². The number of aryl methyl sites for hydroxylation is 1. The molecule has 1 atom stereocenters. The molecule has 0 fully saturated rings. The third-order valence-electron chi connectivity index (χ3n) is 5.64. The molecule has 2 heterocycles. The summed E-state index contributed by atoms with van der Waals surface area (Å²) in [5.41, 5.74) is 7.86. The molecule has 29 heavy (non-hydrogen) atoms. The number of allylic oxidation sites excluding steroid dienone is 5. The number of aromatic nitrogens is 1. The summed E-state index contributed by atoms with van der Waals surface area (Å²) in [6, 6.07) is 4.58. The first-order valence-corrected chi connectivity index (χ1v) is 10.7. The summed E-state index contributed by atoms with van der Waals surface area (Å²) in [6.45, 7) is 19.9. The van der Waals surface area contributed by atoms with E-state index in [2.05, 4.69) is 94.4 Å². The lowest BCUT2D eigenvalue weighted by molar-refractivity contribution is 0.420. The molecular formula is C27H36N2. The van der Waals surface area contributed by atoms with Gasteiger partial charge in [0.15, 0.2) is 0 Å². The number of hydrogen-bond donors (Lipinski definition) is 0. The van der Waals surface area contributed by atoms with E-state index in [1.54, 1.807) is 0 Å². The van der Waals surface area contributed by atoms with Crippen LogP contribution in [0.3, 0.4) is 0 Å². The lowest BCUT2D eigenvalue weighted by atomic mass is 9.79. The van der Waals surface area contributed by atoms with Gasteiger partial charge in [-0.3, -0.25) is 4.98 Å². The zero-order valence-electron chi connectivity index (χ0n) is 19.2. The molecule has 1 aromatic rings. The molecule has 1 aliphatic heterocycles. The van der Waals surface area contributed by atoms with E-state index in [9.17, 15) is 0 Å². The fourth-order valence-electron chi connectivity index (χ4n) is 4.00. The number of hydrogen-bond acceptors (Lipinski definition) is 2. The van der Waals surface area contributed by atoms with Gasteiger partial charge in [0.1, 0.15) is 0 Å². The zero-order chi connectivity index (χ0) is 21.4. The first-order chi connectivity index (χ1) is 13.5. The highest BCUT2D eigenvalue weighted by Gasteiger charge is 2.37. The van der Waals surface area contributed by atoms with Crippen LogP contribution in [0, 0.1) is 17.8 Å². The van der Waals surface area contributed by atoms with Crippen molar-refractivity contribution in [3.63, 3.8) is 0 Å². The molecule has 3 rings (SSSR count). The summed E-state index contributed by atoms with van der Waals surface area (Å²) < 4.78 is 0. The van der Waals surface area contributed by atoms with Crippen molar-refractivity contribution < 1.29 is 0 Å². The van der Waals surface area contributed by atoms with Crippen LogP contribution in [-0.2, 0) is 0 Å². The van der Waals surface area contributed by atoms with Crippen molar-refractivity contribution in [2.75, 3.05) is 4.90 Å². The predicted molar refractivity (Wildman–Crippen MR) is 126 cm³/mol. The first kappa shape index (κ1) is 21.4. The standard InChI is InChI=1S/C27H36N2/c1-9-22-23-17-20(27(6,7)8)13-15-25(23)29(21-14-12-19(2)28-18-21)24(22)11-10-16-26(3,4)5/h9-14,17-18,25H,1,15-16H2,2-8H3/b11-10-. The zero-order valence-corrected chi connectivity index (χ0v) is 19.2. The molecule has 0 spiro atoms. The Morgan fingerprint density at radius 1 is 1.17 bits per heavy atom. The van der Waals surface area contributed by atoms with E-state index in [1.165, 1.54) is 22.4 Å². The van der Waals surface area contributed by atoms with Gasteiger partial charge in [-0.2, -0.15) is 0 Å². The summed E-state index contributed by atoms with van der Waals surface area (Å²) in [4.78, 5) is 7.02. The van der Waals surface area contributed by atoms with Crippen molar-refractivity contribution in [1.29, 1.82) is 0 Å². The van der Waals surface area contributed by atoms with E-state index in [0.717, 1.165) is 24.2 Å². The topological polar surface area (TPSA) is 16.1 Å². The van der Waals surface area contributed by atoms with Crippen LogP contribution >= 0.6 is 0 Å². The molecule has 2 nitrogen and oxygen atoms in total. The van der Waals surface area contributed by atoms with Gasteiger partial charge in [0.25, 0.3) is 0 Å². The minimum Gasteiger partial charge on any atom is -0.332 e. The van der Waals surface area contributed by atoms with Gasteiger partial charge in [0.2, 0.25) is 0 Å². The van der Waals surface area contributed by atoms with E-state index < -0.39 is 0 Å². The SMILES string of the molecule is C=CC1=C(/C=C\CC(C)(C)C)N(c2ccc(C)nc2)C2CC=C(C(C)(C)C)C=C12. The number of pyridine rings is 1. The molecule has 1 aliphatic carbocycles. The second kappa shape index (κ2) is 7.82. The largest absolute Gasteiger partial charge is 0.332 e. The maximum atomic E-state index is 4.57. The fourth-order valence-corrected chi connectivity index (χ4v) is 4.00. The molecule has 1 aromatic heterocycles. The average Bonchev–Trinajstić information content (AvgIpc) is 2.93. The van der Waals surface area contributed by atoms with E-state index in [1.807, 2.05) is 19.2 Å². The molecule has 0 amide bonds. The van der Waals surface area contributed by atoms with Gasteiger partial charge < -0.3 is 4.90 Å². The van der Waals surface area contributed by atoms with Crippen LogP contribution in [0.1, 0.15) is 60.1 Å². The van der Waals surface area contributed by atoms with Crippen molar-refractivity contribution >= 4 is 5.69 Å². The second-order valence-electron chi connectivity index (χ2n) is 10.5. The van der Waals surface area contributed by atoms with E-state index in [4.69, 9.17) is 0 Å². The van der Waals surface area contributed by atoms with Crippen LogP contribution in [0.25, 0.3) is 0 Å². The Bertz CT molecular complexity index is 893. The molecule has 2 aliphatic rings. The van der Waals surface area contributed by atoms with Crippen molar-refractivity contribution in [1.82, 2.24) is 4.98 Å². The summed E-state index contributed by atoms with van der Waals surface area (Å²) in [7, 11) is 0. The number of rotatable bonds is 4. The summed E-state index contributed by atoms with van der Waals surface area (Å²) in [6.07, 6.45) is 15.5. The van der Waals surface area contributed by atoms with Gasteiger partial charge in [-0.25, -0.2) is 0 Å². The molecule has 0 saturated carbocycles. The number of fused-ring (bicyclic) bond motifs is 1. The normalized spacial score (nSPS) is 20.1. The molecule has 1 unspecified atom stereocenters. The Balaban J connectivity index is 2.10. The fraction of sp³-hybridized carbons (Fsp3) is 0.444. The highest BCUT2D eigenvalue weighted by Crippen LogP contribution is 2.45. The molecule has 0 bridgehead atoms. The Hall–Kier alpha value is -2.35. The molecule has 154 valence electrons. The molecule has 2 heteroatoms. The maximum absolute atomic E-state index is 4.57. The van der Waals surface area contributed by atoms with Crippen LogP contribution in [0.2, 0.25) is 0 Å². The molecule has 0 radical (unpaired) electrons. The highest BCUT2D eigenvalue weighted by atomic mass is 15.2. The van der Waals surface area contributed by atoms with Gasteiger partial charge >= 0.3 is 0 Å². The van der Waals surface area contributed by atoms with Crippen LogP contribution in [-0.4, -0.2) is 11.0 Å². The third kappa shape index (κ3) is 4.63. The van der Waals surface area contributed by atoms with Gasteiger partial charge in [-0.15, -0.1) is 0 Å². The van der Waals surface area contributed by atoms with Gasteiger partial charge in [0, 0.05) is 17.0 Å². The van der Waals surface area contributed by atoms with E-state index >= 15 is 0 Å². The van der Waals surface area contributed by atoms with Crippen molar-refractivity contribution in [2.45, 2.75) is 67.3 Å². The lowest BCUT2D eigenvalue weighted by Crippen LogP contribution is -2.32. The van der Waals surface area contributed by atoms with Gasteiger partial charge in [0.05, 0.1) is 17.9 Å². The monoisotopic (exact) mass is 388 g/mol. The molecular weight excluding hydrogens is 352 g/mol. The summed E-state index contributed by atoms with van der Waals surface area (Å²) >= 11 is 0. The highest BCUT2D eigenvalue weighted by molar-refractivity contribution is 5.71. The van der Waals surface area contributed by atoms with Crippen molar-refractivity contribution in [3.05, 3.63) is 83.4 Å². The molecule has 0 aromatic carbocycles. The maximum Gasteiger partial charge on any atom is 0.0633 e. The Labute approximate surface area is 177 Å². The average molecular weight is 389 g/mol. The van der Waals surface area contributed by atoms with Crippen molar-refractivity contribution in [3.8, 4) is 0 Å². The van der Waals surface area contributed by atoms with Crippen LogP contribution < -0.4 is 4.90 Å². The van der Waals surface area contributed by atoms with E-state index in [0.29, 0.717) is 6.04 Å². The van der Waals surface area contributed by atoms with Crippen molar-refractivity contribution in [2.24, 2.45) is 10.8 Å². The lowest BCUT2D eigenvalue weighted by Gasteiger charge is -2.32. The summed E-state index contributed by atoms with van der Waals surface area (Å²) in [5, 5.41) is 0. The quantitative estimate of drug-likeness (QED) is 0.537. The number of anilines is 1. The van der Waals surface area contributed by atoms with Crippen LogP contribution in [0.15, 0.2) is 77.7 Å². The van der Waals surface area contributed by atoms with Crippen LogP contribution in [0.4, 0.5) is 5.69 Å². The van der Waals surface area contributed by atoms with Gasteiger partial charge in [-0.1, -0.05) is 72.4 Å².